The van der Waals surface area contributed by atoms with Crippen molar-refractivity contribution in [3.05, 3.63) is 40.1 Å². The number of anilines is 1. The van der Waals surface area contributed by atoms with Gasteiger partial charge >= 0.3 is 0 Å². The molecule has 3 rings (SSSR count). The number of rotatable bonds is 2. The molecule has 2 heterocycles. The van der Waals surface area contributed by atoms with Crippen molar-refractivity contribution in [2.75, 3.05) is 5.73 Å². The third-order valence-corrected chi connectivity index (χ3v) is 3.77. The van der Waals surface area contributed by atoms with Gasteiger partial charge in [0.15, 0.2) is 0 Å². The van der Waals surface area contributed by atoms with Gasteiger partial charge in [-0.1, -0.05) is 0 Å². The Morgan fingerprint density at radius 1 is 1.28 bits per heavy atom. The molecular formula is C13H14N4S. The Balaban J connectivity index is 2.08. The number of fused-ring (bicyclic) bond motifs is 1. The molecule has 5 heteroatoms. The van der Waals surface area contributed by atoms with Crippen LogP contribution in [0.5, 0.6) is 0 Å². The van der Waals surface area contributed by atoms with Gasteiger partial charge in [0.1, 0.15) is 5.82 Å². The summed E-state index contributed by atoms with van der Waals surface area (Å²) in [5.41, 5.74) is 9.65. The van der Waals surface area contributed by atoms with Crippen LogP contribution in [0, 0.1) is 13.8 Å². The van der Waals surface area contributed by atoms with E-state index in [0.717, 1.165) is 39.8 Å². The molecule has 18 heavy (non-hydrogen) atoms. The topological polar surface area (TPSA) is 56.7 Å². The summed E-state index contributed by atoms with van der Waals surface area (Å²) >= 11 is 1.68. The quantitative estimate of drug-likeness (QED) is 0.719. The standard InChI is InChI=1S/C13H14N4S/c1-8-15-12-5-10(14)3-4-13(12)17(8)6-11-7-18-9(2)16-11/h3-5,7H,6,14H2,1-2H3. The number of aromatic nitrogens is 3. The summed E-state index contributed by atoms with van der Waals surface area (Å²) in [5, 5.41) is 3.19. The normalized spacial score (nSPS) is 11.2. The first-order valence-corrected chi connectivity index (χ1v) is 6.65. The van der Waals surface area contributed by atoms with E-state index in [4.69, 9.17) is 5.73 Å². The molecule has 0 bridgehead atoms. The van der Waals surface area contributed by atoms with Crippen LogP contribution in [0.3, 0.4) is 0 Å². The van der Waals surface area contributed by atoms with Crippen molar-refractivity contribution in [3.63, 3.8) is 0 Å². The van der Waals surface area contributed by atoms with Crippen LogP contribution in [-0.2, 0) is 6.54 Å². The summed E-state index contributed by atoms with van der Waals surface area (Å²) in [6.07, 6.45) is 0. The van der Waals surface area contributed by atoms with Gasteiger partial charge in [-0.2, -0.15) is 0 Å². The molecule has 0 fully saturated rings. The van der Waals surface area contributed by atoms with Crippen molar-refractivity contribution < 1.29 is 0 Å². The first-order valence-electron chi connectivity index (χ1n) is 5.77. The molecule has 0 saturated heterocycles. The van der Waals surface area contributed by atoms with E-state index < -0.39 is 0 Å². The lowest BCUT2D eigenvalue weighted by atomic mass is 10.3. The van der Waals surface area contributed by atoms with Crippen molar-refractivity contribution in [1.82, 2.24) is 14.5 Å². The minimum atomic E-state index is 0.747. The monoisotopic (exact) mass is 258 g/mol. The minimum absolute atomic E-state index is 0.747. The summed E-state index contributed by atoms with van der Waals surface area (Å²) < 4.78 is 2.17. The highest BCUT2D eigenvalue weighted by molar-refractivity contribution is 7.09. The van der Waals surface area contributed by atoms with Gasteiger partial charge in [-0.05, 0) is 32.0 Å². The maximum absolute atomic E-state index is 5.78. The highest BCUT2D eigenvalue weighted by Crippen LogP contribution is 2.20. The maximum atomic E-state index is 5.78. The van der Waals surface area contributed by atoms with Gasteiger partial charge in [-0.3, -0.25) is 0 Å². The van der Waals surface area contributed by atoms with Crippen molar-refractivity contribution in [2.24, 2.45) is 0 Å². The maximum Gasteiger partial charge on any atom is 0.107 e. The molecule has 0 spiro atoms. The van der Waals surface area contributed by atoms with Crippen molar-refractivity contribution >= 4 is 28.1 Å². The predicted molar refractivity (Wildman–Crippen MR) is 74.8 cm³/mol. The Bertz CT molecular complexity index is 711. The average molecular weight is 258 g/mol. The van der Waals surface area contributed by atoms with E-state index in [1.54, 1.807) is 11.3 Å². The molecule has 4 nitrogen and oxygen atoms in total. The SMILES string of the molecule is Cc1nc(Cn2c(C)nc3cc(N)ccc32)cs1. The molecule has 3 aromatic rings. The fourth-order valence-corrected chi connectivity index (χ4v) is 2.71. The van der Waals surface area contributed by atoms with Gasteiger partial charge in [0.25, 0.3) is 0 Å². The molecule has 1 aromatic carbocycles. The fraction of sp³-hybridized carbons (Fsp3) is 0.231. The lowest BCUT2D eigenvalue weighted by Crippen LogP contribution is -2.02. The third-order valence-electron chi connectivity index (χ3n) is 2.95. The van der Waals surface area contributed by atoms with Crippen LogP contribution >= 0.6 is 11.3 Å². The lowest BCUT2D eigenvalue weighted by molar-refractivity contribution is 0.767. The molecule has 0 aliphatic heterocycles. The van der Waals surface area contributed by atoms with Crippen molar-refractivity contribution in [2.45, 2.75) is 20.4 Å². The van der Waals surface area contributed by atoms with Crippen molar-refractivity contribution in [3.8, 4) is 0 Å². The number of nitrogens with zero attached hydrogens (tertiary/aromatic N) is 3. The zero-order chi connectivity index (χ0) is 12.7. The average Bonchev–Trinajstić information content (AvgIpc) is 2.84. The van der Waals surface area contributed by atoms with E-state index in [1.165, 1.54) is 0 Å². The molecule has 0 unspecified atom stereocenters. The Kier molecular flexibility index (Phi) is 2.56. The highest BCUT2D eigenvalue weighted by atomic mass is 32.1. The van der Waals surface area contributed by atoms with Gasteiger partial charge in [-0.15, -0.1) is 11.3 Å². The molecule has 0 aliphatic carbocycles. The molecule has 92 valence electrons. The number of benzene rings is 1. The zero-order valence-corrected chi connectivity index (χ0v) is 11.2. The van der Waals surface area contributed by atoms with Crippen LogP contribution in [-0.4, -0.2) is 14.5 Å². The molecule has 0 amide bonds. The molecule has 0 radical (unpaired) electrons. The van der Waals surface area contributed by atoms with Crippen LogP contribution < -0.4 is 5.73 Å². The Morgan fingerprint density at radius 3 is 2.83 bits per heavy atom. The molecule has 0 saturated carbocycles. The number of thiazole rings is 1. The number of nitrogens with two attached hydrogens (primary N) is 1. The predicted octanol–water partition coefficient (Wildman–Crippen LogP) is 2.74. The number of hydrogen-bond acceptors (Lipinski definition) is 4. The van der Waals surface area contributed by atoms with Gasteiger partial charge in [0, 0.05) is 11.1 Å². The zero-order valence-electron chi connectivity index (χ0n) is 10.3. The second-order valence-electron chi connectivity index (χ2n) is 4.35. The van der Waals surface area contributed by atoms with Crippen LogP contribution in [0.15, 0.2) is 23.6 Å². The number of aryl methyl sites for hydroxylation is 2. The minimum Gasteiger partial charge on any atom is -0.399 e. The largest absolute Gasteiger partial charge is 0.399 e. The number of imidazole rings is 1. The number of nitrogen functional groups attached to an aromatic ring is 1. The summed E-state index contributed by atoms with van der Waals surface area (Å²) in [7, 11) is 0. The fourth-order valence-electron chi connectivity index (χ4n) is 2.11. The lowest BCUT2D eigenvalue weighted by Gasteiger charge is -2.04. The summed E-state index contributed by atoms with van der Waals surface area (Å²) in [6.45, 7) is 4.79. The van der Waals surface area contributed by atoms with Crippen LogP contribution in [0.1, 0.15) is 16.5 Å². The third kappa shape index (κ3) is 1.86. The smallest absolute Gasteiger partial charge is 0.107 e. The second-order valence-corrected chi connectivity index (χ2v) is 5.41. The molecular weight excluding hydrogens is 244 g/mol. The van der Waals surface area contributed by atoms with Gasteiger partial charge in [0.05, 0.1) is 28.3 Å². The van der Waals surface area contributed by atoms with E-state index in [2.05, 4.69) is 19.9 Å². The summed E-state index contributed by atoms with van der Waals surface area (Å²) in [6, 6.07) is 5.83. The van der Waals surface area contributed by atoms with E-state index >= 15 is 0 Å². The van der Waals surface area contributed by atoms with Crippen LogP contribution in [0.25, 0.3) is 11.0 Å². The van der Waals surface area contributed by atoms with Gasteiger partial charge < -0.3 is 10.3 Å². The van der Waals surface area contributed by atoms with E-state index in [9.17, 15) is 0 Å². The van der Waals surface area contributed by atoms with E-state index in [0.29, 0.717) is 0 Å². The molecule has 2 aromatic heterocycles. The molecule has 0 atom stereocenters. The summed E-state index contributed by atoms with van der Waals surface area (Å²) in [4.78, 5) is 9.03. The Labute approximate surface area is 109 Å². The highest BCUT2D eigenvalue weighted by Gasteiger charge is 2.09. The van der Waals surface area contributed by atoms with Gasteiger partial charge in [0.2, 0.25) is 0 Å². The van der Waals surface area contributed by atoms with Crippen molar-refractivity contribution in [1.29, 1.82) is 0 Å². The first-order chi connectivity index (χ1) is 8.63. The van der Waals surface area contributed by atoms with E-state index in [1.807, 2.05) is 32.0 Å². The Hall–Kier alpha value is -1.88. The molecule has 2 N–H and O–H groups in total. The second kappa shape index (κ2) is 4.10. The summed E-state index contributed by atoms with van der Waals surface area (Å²) in [5.74, 6) is 0.987. The van der Waals surface area contributed by atoms with Crippen LogP contribution in [0.4, 0.5) is 5.69 Å². The first kappa shape index (κ1) is 11.2. The Morgan fingerprint density at radius 2 is 2.11 bits per heavy atom. The van der Waals surface area contributed by atoms with E-state index in [-0.39, 0.29) is 0 Å². The van der Waals surface area contributed by atoms with Gasteiger partial charge in [-0.25, -0.2) is 9.97 Å². The number of hydrogen-bond donors (Lipinski definition) is 1. The molecule has 0 aliphatic rings. The van der Waals surface area contributed by atoms with Crippen LogP contribution in [0.2, 0.25) is 0 Å².